The average Bonchev–Trinajstić information content (AvgIpc) is 2.23. The molecule has 2 fully saturated rings. The lowest BCUT2D eigenvalue weighted by molar-refractivity contribution is 0.0291. The number of nitrogens with zero attached hydrogens (tertiary/aromatic N) is 2. The van der Waals surface area contributed by atoms with Gasteiger partial charge in [0.05, 0.1) is 13.2 Å². The van der Waals surface area contributed by atoms with Crippen molar-refractivity contribution in [3.63, 3.8) is 0 Å². The Balaban J connectivity index is 1.65. The standard InChI is InChI=1S/C11H23N3O/c1-2-14(11-9-12-10-11)4-3-13-5-7-15-8-6-13/h11-12H,2-10H2,1H3. The normalized spacial score (nSPS) is 24.4. The van der Waals surface area contributed by atoms with Gasteiger partial charge in [0.15, 0.2) is 0 Å². The average molecular weight is 213 g/mol. The molecule has 0 amide bonds. The van der Waals surface area contributed by atoms with Crippen LogP contribution in [-0.2, 0) is 4.74 Å². The van der Waals surface area contributed by atoms with E-state index in [1.807, 2.05) is 0 Å². The molecule has 15 heavy (non-hydrogen) atoms. The first kappa shape index (κ1) is 11.3. The topological polar surface area (TPSA) is 27.7 Å². The lowest BCUT2D eigenvalue weighted by Gasteiger charge is -2.39. The van der Waals surface area contributed by atoms with Gasteiger partial charge in [0.2, 0.25) is 0 Å². The van der Waals surface area contributed by atoms with Crippen molar-refractivity contribution in [2.24, 2.45) is 0 Å². The number of hydrogen-bond acceptors (Lipinski definition) is 4. The second-order valence-corrected chi connectivity index (χ2v) is 4.39. The first-order chi connectivity index (χ1) is 7.40. The van der Waals surface area contributed by atoms with Crippen molar-refractivity contribution in [2.75, 3.05) is 59.0 Å². The molecule has 0 saturated carbocycles. The molecular weight excluding hydrogens is 190 g/mol. The summed E-state index contributed by atoms with van der Waals surface area (Å²) in [6.45, 7) is 12.3. The van der Waals surface area contributed by atoms with E-state index < -0.39 is 0 Å². The number of rotatable bonds is 5. The molecule has 2 rings (SSSR count). The van der Waals surface area contributed by atoms with E-state index in [1.54, 1.807) is 0 Å². The number of ether oxygens (including phenoxy) is 1. The van der Waals surface area contributed by atoms with Crippen LogP contribution in [0.3, 0.4) is 0 Å². The SMILES string of the molecule is CCN(CCN1CCOCC1)C1CNC1. The molecule has 2 aliphatic rings. The van der Waals surface area contributed by atoms with Gasteiger partial charge in [0, 0.05) is 45.3 Å². The van der Waals surface area contributed by atoms with Gasteiger partial charge in [-0.3, -0.25) is 9.80 Å². The van der Waals surface area contributed by atoms with Crippen LogP contribution >= 0.6 is 0 Å². The van der Waals surface area contributed by atoms with Crippen LogP contribution in [0, 0.1) is 0 Å². The fourth-order valence-corrected chi connectivity index (χ4v) is 2.23. The predicted molar refractivity (Wildman–Crippen MR) is 61.2 cm³/mol. The Kier molecular flexibility index (Phi) is 4.38. The number of nitrogens with one attached hydrogen (secondary N) is 1. The Labute approximate surface area is 92.6 Å². The maximum Gasteiger partial charge on any atom is 0.0594 e. The zero-order valence-electron chi connectivity index (χ0n) is 9.74. The van der Waals surface area contributed by atoms with Crippen molar-refractivity contribution < 1.29 is 4.74 Å². The largest absolute Gasteiger partial charge is 0.379 e. The highest BCUT2D eigenvalue weighted by atomic mass is 16.5. The van der Waals surface area contributed by atoms with Crippen LogP contribution in [0.1, 0.15) is 6.92 Å². The molecule has 2 aliphatic heterocycles. The van der Waals surface area contributed by atoms with E-state index in [0.29, 0.717) is 0 Å². The van der Waals surface area contributed by atoms with Gasteiger partial charge in [0.25, 0.3) is 0 Å². The molecule has 0 aliphatic carbocycles. The van der Waals surface area contributed by atoms with Crippen LogP contribution in [0.5, 0.6) is 0 Å². The van der Waals surface area contributed by atoms with Gasteiger partial charge in [-0.25, -0.2) is 0 Å². The van der Waals surface area contributed by atoms with Gasteiger partial charge in [-0.15, -0.1) is 0 Å². The molecule has 0 aromatic heterocycles. The molecule has 0 aromatic carbocycles. The van der Waals surface area contributed by atoms with Gasteiger partial charge < -0.3 is 10.1 Å². The summed E-state index contributed by atoms with van der Waals surface area (Å²) < 4.78 is 5.35. The zero-order valence-corrected chi connectivity index (χ0v) is 9.74. The van der Waals surface area contributed by atoms with Crippen LogP contribution in [0.15, 0.2) is 0 Å². The van der Waals surface area contributed by atoms with E-state index in [0.717, 1.165) is 32.3 Å². The van der Waals surface area contributed by atoms with E-state index >= 15 is 0 Å². The van der Waals surface area contributed by atoms with E-state index in [2.05, 4.69) is 22.0 Å². The Morgan fingerprint density at radius 3 is 2.60 bits per heavy atom. The van der Waals surface area contributed by atoms with Crippen LogP contribution < -0.4 is 5.32 Å². The van der Waals surface area contributed by atoms with Crippen LogP contribution in [0.25, 0.3) is 0 Å². The van der Waals surface area contributed by atoms with Crippen LogP contribution in [0.2, 0.25) is 0 Å². The number of morpholine rings is 1. The molecule has 4 heteroatoms. The number of likely N-dealkylation sites (N-methyl/N-ethyl adjacent to an activating group) is 1. The Hall–Kier alpha value is -0.160. The molecule has 2 saturated heterocycles. The molecule has 88 valence electrons. The van der Waals surface area contributed by atoms with Gasteiger partial charge in [-0.05, 0) is 6.54 Å². The van der Waals surface area contributed by atoms with E-state index in [9.17, 15) is 0 Å². The highest BCUT2D eigenvalue weighted by molar-refractivity contribution is 4.84. The van der Waals surface area contributed by atoms with Crippen molar-refractivity contribution in [3.8, 4) is 0 Å². The lowest BCUT2D eigenvalue weighted by Crippen LogP contribution is -2.58. The molecule has 0 spiro atoms. The third-order valence-corrected chi connectivity index (χ3v) is 3.49. The molecule has 0 bridgehead atoms. The predicted octanol–water partition coefficient (Wildman–Crippen LogP) is -0.388. The fourth-order valence-electron chi connectivity index (χ4n) is 2.23. The highest BCUT2D eigenvalue weighted by Gasteiger charge is 2.23. The quantitative estimate of drug-likeness (QED) is 0.673. The van der Waals surface area contributed by atoms with Crippen LogP contribution in [0.4, 0.5) is 0 Å². The van der Waals surface area contributed by atoms with Gasteiger partial charge in [0.1, 0.15) is 0 Å². The maximum atomic E-state index is 5.35. The summed E-state index contributed by atoms with van der Waals surface area (Å²) >= 11 is 0. The smallest absolute Gasteiger partial charge is 0.0594 e. The van der Waals surface area contributed by atoms with E-state index in [4.69, 9.17) is 4.74 Å². The summed E-state index contributed by atoms with van der Waals surface area (Å²) in [7, 11) is 0. The Bertz CT molecular complexity index is 179. The van der Waals surface area contributed by atoms with Gasteiger partial charge in [-0.2, -0.15) is 0 Å². The zero-order chi connectivity index (χ0) is 10.5. The van der Waals surface area contributed by atoms with Crippen molar-refractivity contribution >= 4 is 0 Å². The molecule has 0 atom stereocenters. The van der Waals surface area contributed by atoms with Crippen molar-refractivity contribution in [1.82, 2.24) is 15.1 Å². The molecule has 0 radical (unpaired) electrons. The molecule has 0 aromatic rings. The fraction of sp³-hybridized carbons (Fsp3) is 1.00. The second-order valence-electron chi connectivity index (χ2n) is 4.39. The third kappa shape index (κ3) is 3.14. The first-order valence-electron chi connectivity index (χ1n) is 6.15. The summed E-state index contributed by atoms with van der Waals surface area (Å²) in [6, 6.07) is 0.788. The molecule has 2 heterocycles. The highest BCUT2D eigenvalue weighted by Crippen LogP contribution is 2.05. The third-order valence-electron chi connectivity index (χ3n) is 3.49. The minimum Gasteiger partial charge on any atom is -0.379 e. The van der Waals surface area contributed by atoms with Crippen molar-refractivity contribution in [2.45, 2.75) is 13.0 Å². The second kappa shape index (κ2) is 5.80. The summed E-state index contributed by atoms with van der Waals surface area (Å²) in [5.41, 5.74) is 0. The van der Waals surface area contributed by atoms with E-state index in [-0.39, 0.29) is 0 Å². The van der Waals surface area contributed by atoms with Crippen molar-refractivity contribution in [3.05, 3.63) is 0 Å². The Morgan fingerprint density at radius 1 is 1.33 bits per heavy atom. The molecule has 1 N–H and O–H groups in total. The lowest BCUT2D eigenvalue weighted by atomic mass is 10.1. The maximum absolute atomic E-state index is 5.35. The summed E-state index contributed by atoms with van der Waals surface area (Å²) in [5, 5.41) is 3.34. The van der Waals surface area contributed by atoms with Gasteiger partial charge in [-0.1, -0.05) is 6.92 Å². The van der Waals surface area contributed by atoms with Crippen molar-refractivity contribution in [1.29, 1.82) is 0 Å². The van der Waals surface area contributed by atoms with Gasteiger partial charge >= 0.3 is 0 Å². The summed E-state index contributed by atoms with van der Waals surface area (Å²) in [6.07, 6.45) is 0. The monoisotopic (exact) mass is 213 g/mol. The minimum absolute atomic E-state index is 0.788. The van der Waals surface area contributed by atoms with E-state index in [1.165, 1.54) is 32.7 Å². The molecule has 0 unspecified atom stereocenters. The molecule has 4 nitrogen and oxygen atoms in total. The number of hydrogen-bond donors (Lipinski definition) is 1. The minimum atomic E-state index is 0.788. The molecular formula is C11H23N3O. The van der Waals surface area contributed by atoms with Crippen LogP contribution in [-0.4, -0.2) is 74.9 Å². The summed E-state index contributed by atoms with van der Waals surface area (Å²) in [4.78, 5) is 5.10. The Morgan fingerprint density at radius 2 is 2.07 bits per heavy atom. The summed E-state index contributed by atoms with van der Waals surface area (Å²) in [5.74, 6) is 0. The first-order valence-corrected chi connectivity index (χ1v) is 6.15.